The summed E-state index contributed by atoms with van der Waals surface area (Å²) in [5.41, 5.74) is 1.21. The molecule has 1 unspecified atom stereocenters. The van der Waals surface area contributed by atoms with E-state index >= 15 is 0 Å². The molecule has 2 aromatic carbocycles. The standard InChI is InChI=1S/C21H17F3N4O3/c22-21(23,24)14-7-5-12(6-8-14)19-27-20(31-28-19)17(11-29)26-18(30)9-13-10-25-16-4-2-1-3-15(13)16/h1-8,10,17,25,29H,9,11H2,(H,26,30). The van der Waals surface area contributed by atoms with Crippen LogP contribution in [0.5, 0.6) is 0 Å². The normalized spacial score (nSPS) is 12.8. The molecule has 0 aliphatic carbocycles. The van der Waals surface area contributed by atoms with Crippen molar-refractivity contribution < 1.29 is 27.6 Å². The summed E-state index contributed by atoms with van der Waals surface area (Å²) < 4.78 is 43.2. The molecule has 160 valence electrons. The molecule has 10 heteroatoms. The Hall–Kier alpha value is -3.66. The lowest BCUT2D eigenvalue weighted by Crippen LogP contribution is -2.32. The number of rotatable bonds is 6. The summed E-state index contributed by atoms with van der Waals surface area (Å²) in [6.07, 6.45) is -2.63. The quantitative estimate of drug-likeness (QED) is 0.433. The van der Waals surface area contributed by atoms with Crippen LogP contribution in [0.15, 0.2) is 59.3 Å². The Bertz CT molecular complexity index is 1200. The van der Waals surface area contributed by atoms with E-state index in [0.717, 1.165) is 28.6 Å². The molecule has 0 aliphatic rings. The van der Waals surface area contributed by atoms with E-state index < -0.39 is 24.4 Å². The predicted octanol–water partition coefficient (Wildman–Crippen LogP) is 3.63. The molecule has 1 atom stereocenters. The van der Waals surface area contributed by atoms with Crippen molar-refractivity contribution in [2.24, 2.45) is 0 Å². The van der Waals surface area contributed by atoms with Gasteiger partial charge in [0.05, 0.1) is 18.6 Å². The number of fused-ring (bicyclic) bond motifs is 1. The van der Waals surface area contributed by atoms with Crippen molar-refractivity contribution in [3.8, 4) is 11.4 Å². The summed E-state index contributed by atoms with van der Waals surface area (Å²) in [6.45, 7) is -0.492. The highest BCUT2D eigenvalue weighted by Crippen LogP contribution is 2.30. The van der Waals surface area contributed by atoms with Crippen molar-refractivity contribution in [3.63, 3.8) is 0 Å². The second kappa shape index (κ2) is 8.23. The molecule has 7 nitrogen and oxygen atoms in total. The number of nitrogens with zero attached hydrogens (tertiary/aromatic N) is 2. The topological polar surface area (TPSA) is 104 Å². The van der Waals surface area contributed by atoms with Crippen LogP contribution < -0.4 is 5.32 Å². The number of aliphatic hydroxyl groups excluding tert-OH is 1. The summed E-state index contributed by atoms with van der Waals surface area (Å²) in [7, 11) is 0. The number of aromatic amines is 1. The van der Waals surface area contributed by atoms with Crippen LogP contribution in [0, 0.1) is 0 Å². The zero-order valence-corrected chi connectivity index (χ0v) is 16.0. The van der Waals surface area contributed by atoms with Gasteiger partial charge in [-0.2, -0.15) is 18.2 Å². The van der Waals surface area contributed by atoms with Crippen LogP contribution in [-0.4, -0.2) is 32.7 Å². The molecule has 0 aliphatic heterocycles. The third-order valence-corrected chi connectivity index (χ3v) is 4.75. The van der Waals surface area contributed by atoms with E-state index in [-0.39, 0.29) is 24.0 Å². The molecule has 4 rings (SSSR count). The van der Waals surface area contributed by atoms with Crippen LogP contribution >= 0.6 is 0 Å². The second-order valence-corrected chi connectivity index (χ2v) is 6.87. The van der Waals surface area contributed by atoms with Crippen molar-refractivity contribution in [2.45, 2.75) is 18.6 Å². The zero-order chi connectivity index (χ0) is 22.0. The van der Waals surface area contributed by atoms with Gasteiger partial charge in [-0.3, -0.25) is 4.79 Å². The summed E-state index contributed by atoms with van der Waals surface area (Å²) in [6, 6.07) is 10.9. The molecule has 0 saturated heterocycles. The fourth-order valence-corrected chi connectivity index (χ4v) is 3.18. The number of carbonyl (C=O) groups is 1. The number of hydrogen-bond donors (Lipinski definition) is 3. The maximum Gasteiger partial charge on any atom is 0.416 e. The minimum absolute atomic E-state index is 0.0491. The maximum absolute atomic E-state index is 12.7. The lowest BCUT2D eigenvalue weighted by atomic mass is 10.1. The summed E-state index contributed by atoms with van der Waals surface area (Å²) in [5.74, 6) is -0.365. The molecule has 0 saturated carbocycles. The molecular formula is C21H17F3N4O3. The van der Waals surface area contributed by atoms with Crippen molar-refractivity contribution in [2.75, 3.05) is 6.61 Å². The van der Waals surface area contributed by atoms with E-state index in [2.05, 4.69) is 20.4 Å². The van der Waals surface area contributed by atoms with Gasteiger partial charge >= 0.3 is 6.18 Å². The van der Waals surface area contributed by atoms with Gasteiger partial charge in [-0.1, -0.05) is 35.5 Å². The number of benzene rings is 2. The average molecular weight is 430 g/mol. The van der Waals surface area contributed by atoms with Gasteiger partial charge in [0.15, 0.2) is 0 Å². The second-order valence-electron chi connectivity index (χ2n) is 6.87. The number of aromatic nitrogens is 3. The first-order valence-corrected chi connectivity index (χ1v) is 9.31. The van der Waals surface area contributed by atoms with Crippen LogP contribution in [-0.2, 0) is 17.4 Å². The van der Waals surface area contributed by atoms with E-state index in [4.69, 9.17) is 4.52 Å². The highest BCUT2D eigenvalue weighted by molar-refractivity contribution is 5.88. The number of amides is 1. The van der Waals surface area contributed by atoms with Gasteiger partial charge in [0, 0.05) is 22.7 Å². The Labute approximate surface area is 173 Å². The van der Waals surface area contributed by atoms with Crippen molar-refractivity contribution in [1.82, 2.24) is 20.4 Å². The highest BCUT2D eigenvalue weighted by Gasteiger charge is 2.30. The van der Waals surface area contributed by atoms with Crippen molar-refractivity contribution in [1.29, 1.82) is 0 Å². The molecule has 31 heavy (non-hydrogen) atoms. The SMILES string of the molecule is O=C(Cc1c[nH]c2ccccc12)NC(CO)c1nc(-c2ccc(C(F)(F)F)cc2)no1. The number of hydrogen-bond acceptors (Lipinski definition) is 5. The van der Waals surface area contributed by atoms with Gasteiger partial charge in [0.2, 0.25) is 11.7 Å². The lowest BCUT2D eigenvalue weighted by Gasteiger charge is -2.11. The number of nitrogens with one attached hydrogen (secondary N) is 2. The molecule has 0 bridgehead atoms. The molecule has 0 fully saturated rings. The highest BCUT2D eigenvalue weighted by atomic mass is 19.4. The molecular weight excluding hydrogens is 413 g/mol. The van der Waals surface area contributed by atoms with Crippen molar-refractivity contribution in [3.05, 3.63) is 71.7 Å². The van der Waals surface area contributed by atoms with Crippen LogP contribution in [0.3, 0.4) is 0 Å². The fourth-order valence-electron chi connectivity index (χ4n) is 3.18. The van der Waals surface area contributed by atoms with Crippen LogP contribution in [0.1, 0.15) is 23.1 Å². The van der Waals surface area contributed by atoms with E-state index in [1.807, 2.05) is 24.3 Å². The minimum Gasteiger partial charge on any atom is -0.394 e. The summed E-state index contributed by atoms with van der Waals surface area (Å²) >= 11 is 0. The number of para-hydroxylation sites is 1. The smallest absolute Gasteiger partial charge is 0.394 e. The van der Waals surface area contributed by atoms with E-state index in [9.17, 15) is 23.1 Å². The Morgan fingerprint density at radius 3 is 2.61 bits per heavy atom. The maximum atomic E-state index is 12.7. The number of H-pyrrole nitrogens is 1. The number of alkyl halides is 3. The van der Waals surface area contributed by atoms with Gasteiger partial charge in [-0.25, -0.2) is 0 Å². The van der Waals surface area contributed by atoms with E-state index in [0.29, 0.717) is 5.56 Å². The number of carbonyl (C=O) groups excluding carboxylic acids is 1. The Morgan fingerprint density at radius 1 is 1.16 bits per heavy atom. The summed E-state index contributed by atoms with van der Waals surface area (Å²) in [5, 5.41) is 16.9. The van der Waals surface area contributed by atoms with Gasteiger partial charge in [0.1, 0.15) is 6.04 Å². The van der Waals surface area contributed by atoms with E-state index in [1.54, 1.807) is 6.20 Å². The minimum atomic E-state index is -4.45. The average Bonchev–Trinajstić information content (AvgIpc) is 3.39. The van der Waals surface area contributed by atoms with Gasteiger partial charge < -0.3 is 19.9 Å². The van der Waals surface area contributed by atoms with Gasteiger partial charge in [-0.05, 0) is 23.8 Å². The van der Waals surface area contributed by atoms with Gasteiger partial charge in [-0.15, -0.1) is 0 Å². The molecule has 1 amide bonds. The first-order valence-electron chi connectivity index (χ1n) is 9.31. The van der Waals surface area contributed by atoms with Gasteiger partial charge in [0.25, 0.3) is 5.89 Å². The lowest BCUT2D eigenvalue weighted by molar-refractivity contribution is -0.137. The fraction of sp³-hybridized carbons (Fsp3) is 0.190. The molecule has 4 aromatic rings. The Balaban J connectivity index is 1.46. The number of halogens is 3. The van der Waals surface area contributed by atoms with E-state index in [1.165, 1.54) is 12.1 Å². The van der Waals surface area contributed by atoms with Crippen LogP contribution in [0.2, 0.25) is 0 Å². The first-order chi connectivity index (χ1) is 14.8. The molecule has 2 aromatic heterocycles. The molecule has 0 spiro atoms. The summed E-state index contributed by atoms with van der Waals surface area (Å²) in [4.78, 5) is 19.7. The first kappa shape index (κ1) is 20.6. The molecule has 0 radical (unpaired) electrons. The zero-order valence-electron chi connectivity index (χ0n) is 16.0. The van der Waals surface area contributed by atoms with Crippen molar-refractivity contribution >= 4 is 16.8 Å². The van der Waals surface area contributed by atoms with Crippen LogP contribution in [0.25, 0.3) is 22.3 Å². The predicted molar refractivity (Wildman–Crippen MR) is 105 cm³/mol. The molecule has 2 heterocycles. The van der Waals surface area contributed by atoms with Crippen LogP contribution in [0.4, 0.5) is 13.2 Å². The number of aliphatic hydroxyl groups is 1. The third-order valence-electron chi connectivity index (χ3n) is 4.75. The largest absolute Gasteiger partial charge is 0.416 e. The Kier molecular flexibility index (Phi) is 5.47. The Morgan fingerprint density at radius 2 is 1.90 bits per heavy atom. The monoisotopic (exact) mass is 430 g/mol. The third kappa shape index (κ3) is 4.43. The molecule has 3 N–H and O–H groups in total.